The van der Waals surface area contributed by atoms with E-state index in [9.17, 15) is 4.79 Å². The molecule has 2 rings (SSSR count). The largest absolute Gasteiger partial charge is 0.337 e. The second kappa shape index (κ2) is 6.59. The fourth-order valence-corrected chi connectivity index (χ4v) is 2.48. The van der Waals surface area contributed by atoms with Crippen molar-refractivity contribution in [1.29, 1.82) is 0 Å². The molecule has 0 aliphatic heterocycles. The summed E-state index contributed by atoms with van der Waals surface area (Å²) >= 11 is 8.22. The van der Waals surface area contributed by atoms with Crippen molar-refractivity contribution in [3.8, 4) is 0 Å². The van der Waals surface area contributed by atoms with E-state index < -0.39 is 0 Å². The monoisotopic (exact) mass is 399 g/mol. The molecule has 0 spiro atoms. The minimum Gasteiger partial charge on any atom is -0.337 e. The molecule has 0 saturated carbocycles. The summed E-state index contributed by atoms with van der Waals surface area (Å²) in [7, 11) is 1.81. The van der Waals surface area contributed by atoms with Crippen LogP contribution in [0.5, 0.6) is 0 Å². The summed E-state index contributed by atoms with van der Waals surface area (Å²) in [6.45, 7) is 2.64. The summed E-state index contributed by atoms with van der Waals surface area (Å²) in [4.78, 5) is 14.1. The molecule has 104 valence electrons. The maximum atomic E-state index is 12.4. The topological polar surface area (TPSA) is 20.3 Å². The lowest BCUT2D eigenvalue weighted by atomic mass is 10.1. The summed E-state index contributed by atoms with van der Waals surface area (Å²) in [5.41, 5.74) is 2.96. The molecule has 0 radical (unpaired) electrons. The average Bonchev–Trinajstić information content (AvgIpc) is 2.43. The van der Waals surface area contributed by atoms with Crippen molar-refractivity contribution >= 4 is 40.1 Å². The molecule has 0 aromatic heterocycles. The van der Waals surface area contributed by atoms with E-state index in [1.807, 2.05) is 30.3 Å². The molecule has 0 unspecified atom stereocenters. The van der Waals surface area contributed by atoms with Crippen LogP contribution in [0.2, 0.25) is 5.02 Å². The smallest absolute Gasteiger partial charge is 0.253 e. The molecule has 0 N–H and O–H groups in total. The lowest BCUT2D eigenvalue weighted by molar-refractivity contribution is 0.0785. The van der Waals surface area contributed by atoms with E-state index in [4.69, 9.17) is 11.6 Å². The first-order chi connectivity index (χ1) is 9.49. The standard InChI is InChI=1S/C16H15ClINO/c1-11-5-3-4-6-13(11)10-19(2)16(20)12-7-8-15(18)14(17)9-12/h3-9H,10H2,1-2H3. The Morgan fingerprint density at radius 2 is 1.95 bits per heavy atom. The van der Waals surface area contributed by atoms with Gasteiger partial charge < -0.3 is 4.90 Å². The highest BCUT2D eigenvalue weighted by Crippen LogP contribution is 2.21. The number of hydrogen-bond acceptors (Lipinski definition) is 1. The zero-order valence-corrected chi connectivity index (χ0v) is 14.3. The minimum atomic E-state index is -0.0217. The lowest BCUT2D eigenvalue weighted by Gasteiger charge is -2.19. The molecular formula is C16H15ClINO. The molecule has 0 aliphatic carbocycles. The van der Waals surface area contributed by atoms with Gasteiger partial charge in [0, 0.05) is 22.7 Å². The van der Waals surface area contributed by atoms with E-state index in [-0.39, 0.29) is 5.91 Å². The number of nitrogens with zero attached hydrogens (tertiary/aromatic N) is 1. The van der Waals surface area contributed by atoms with E-state index in [1.54, 1.807) is 18.0 Å². The second-order valence-corrected chi connectivity index (χ2v) is 6.29. The van der Waals surface area contributed by atoms with Gasteiger partial charge in [-0.05, 0) is 58.8 Å². The number of rotatable bonds is 3. The van der Waals surface area contributed by atoms with Crippen molar-refractivity contribution in [1.82, 2.24) is 4.90 Å². The Labute approximate surface area is 137 Å². The normalized spacial score (nSPS) is 10.4. The SMILES string of the molecule is Cc1ccccc1CN(C)C(=O)c1ccc(I)c(Cl)c1. The molecule has 2 aromatic rings. The summed E-state index contributed by atoms with van der Waals surface area (Å²) < 4.78 is 0.947. The number of benzene rings is 2. The van der Waals surface area contributed by atoms with Crippen LogP contribution in [0.15, 0.2) is 42.5 Å². The zero-order valence-electron chi connectivity index (χ0n) is 11.4. The predicted octanol–water partition coefficient (Wildman–Crippen LogP) is 4.53. The highest BCUT2D eigenvalue weighted by molar-refractivity contribution is 14.1. The van der Waals surface area contributed by atoms with Crippen molar-refractivity contribution in [3.63, 3.8) is 0 Å². The van der Waals surface area contributed by atoms with Crippen LogP contribution in [0.1, 0.15) is 21.5 Å². The number of aryl methyl sites for hydroxylation is 1. The van der Waals surface area contributed by atoms with E-state index in [1.165, 1.54) is 5.56 Å². The Hall–Kier alpha value is -1.07. The van der Waals surface area contributed by atoms with Crippen molar-refractivity contribution in [2.24, 2.45) is 0 Å². The number of carbonyl (C=O) groups is 1. The predicted molar refractivity (Wildman–Crippen MR) is 91.1 cm³/mol. The van der Waals surface area contributed by atoms with Crippen LogP contribution >= 0.6 is 34.2 Å². The van der Waals surface area contributed by atoms with Crippen molar-refractivity contribution in [2.45, 2.75) is 13.5 Å². The molecule has 20 heavy (non-hydrogen) atoms. The first kappa shape index (κ1) is 15.3. The maximum absolute atomic E-state index is 12.4. The first-order valence-electron chi connectivity index (χ1n) is 6.24. The van der Waals surface area contributed by atoms with Gasteiger partial charge in [0.2, 0.25) is 0 Å². The number of carbonyl (C=O) groups excluding carboxylic acids is 1. The third-order valence-electron chi connectivity index (χ3n) is 3.18. The molecule has 2 nitrogen and oxygen atoms in total. The quantitative estimate of drug-likeness (QED) is 0.695. The van der Waals surface area contributed by atoms with Crippen LogP contribution in [0.25, 0.3) is 0 Å². The van der Waals surface area contributed by atoms with Crippen LogP contribution in [-0.4, -0.2) is 17.9 Å². The second-order valence-electron chi connectivity index (χ2n) is 4.72. The highest BCUT2D eigenvalue weighted by Gasteiger charge is 2.13. The molecule has 0 bridgehead atoms. The van der Waals surface area contributed by atoms with Gasteiger partial charge >= 0.3 is 0 Å². The Morgan fingerprint density at radius 1 is 1.25 bits per heavy atom. The molecule has 0 heterocycles. The molecule has 0 saturated heterocycles. The van der Waals surface area contributed by atoms with Gasteiger partial charge in [0.05, 0.1) is 5.02 Å². The van der Waals surface area contributed by atoms with Crippen molar-refractivity contribution in [2.75, 3.05) is 7.05 Å². The van der Waals surface area contributed by atoms with Gasteiger partial charge in [0.15, 0.2) is 0 Å². The van der Waals surface area contributed by atoms with Gasteiger partial charge in [-0.2, -0.15) is 0 Å². The number of halogens is 2. The molecule has 0 fully saturated rings. The van der Waals surface area contributed by atoms with Crippen LogP contribution in [0, 0.1) is 10.5 Å². The molecule has 2 aromatic carbocycles. The Morgan fingerprint density at radius 3 is 2.60 bits per heavy atom. The lowest BCUT2D eigenvalue weighted by Crippen LogP contribution is -2.26. The van der Waals surface area contributed by atoms with Gasteiger partial charge in [0.25, 0.3) is 5.91 Å². The van der Waals surface area contributed by atoms with Crippen LogP contribution in [0.4, 0.5) is 0 Å². The summed E-state index contributed by atoms with van der Waals surface area (Å²) in [5.74, 6) is -0.0217. The molecule has 4 heteroatoms. The molecular weight excluding hydrogens is 385 g/mol. The van der Waals surface area contributed by atoms with Gasteiger partial charge in [0.1, 0.15) is 0 Å². The summed E-state index contributed by atoms with van der Waals surface area (Å²) in [5, 5.41) is 0.612. The van der Waals surface area contributed by atoms with Crippen LogP contribution in [0.3, 0.4) is 0 Å². The van der Waals surface area contributed by atoms with Gasteiger partial charge in [-0.1, -0.05) is 35.9 Å². The Kier molecular flexibility index (Phi) is 5.05. The average molecular weight is 400 g/mol. The van der Waals surface area contributed by atoms with Crippen molar-refractivity contribution in [3.05, 3.63) is 67.7 Å². The minimum absolute atomic E-state index is 0.0217. The number of hydrogen-bond donors (Lipinski definition) is 0. The fraction of sp³-hybridized carbons (Fsp3) is 0.188. The Balaban J connectivity index is 2.16. The first-order valence-corrected chi connectivity index (χ1v) is 7.69. The van der Waals surface area contributed by atoms with E-state index in [2.05, 4.69) is 35.6 Å². The van der Waals surface area contributed by atoms with Gasteiger partial charge in [-0.15, -0.1) is 0 Å². The summed E-state index contributed by atoms with van der Waals surface area (Å²) in [6, 6.07) is 13.5. The van der Waals surface area contributed by atoms with Crippen LogP contribution < -0.4 is 0 Å². The highest BCUT2D eigenvalue weighted by atomic mass is 127. The number of amides is 1. The van der Waals surface area contributed by atoms with Crippen LogP contribution in [-0.2, 0) is 6.54 Å². The van der Waals surface area contributed by atoms with E-state index in [0.29, 0.717) is 17.1 Å². The molecule has 0 atom stereocenters. The molecule has 1 amide bonds. The third kappa shape index (κ3) is 3.52. The van der Waals surface area contributed by atoms with E-state index in [0.717, 1.165) is 9.13 Å². The van der Waals surface area contributed by atoms with Crippen molar-refractivity contribution < 1.29 is 4.79 Å². The van der Waals surface area contributed by atoms with Gasteiger partial charge in [-0.3, -0.25) is 4.79 Å². The van der Waals surface area contributed by atoms with E-state index >= 15 is 0 Å². The third-order valence-corrected chi connectivity index (χ3v) is 4.75. The molecule has 0 aliphatic rings. The Bertz CT molecular complexity index is 642. The summed E-state index contributed by atoms with van der Waals surface area (Å²) in [6.07, 6.45) is 0. The maximum Gasteiger partial charge on any atom is 0.253 e. The van der Waals surface area contributed by atoms with Gasteiger partial charge in [-0.25, -0.2) is 0 Å². The fourth-order valence-electron chi connectivity index (χ4n) is 1.96. The zero-order chi connectivity index (χ0) is 14.7.